The van der Waals surface area contributed by atoms with Gasteiger partial charge in [0.1, 0.15) is 6.04 Å². The molecule has 110 valence electrons. The molecule has 0 aromatic rings. The van der Waals surface area contributed by atoms with E-state index in [1.807, 2.05) is 11.9 Å². The fourth-order valence-corrected chi connectivity index (χ4v) is 3.30. The fraction of sp³-hybridized carbons (Fsp3) is 0.933. The Hall–Kier alpha value is -0.610. The van der Waals surface area contributed by atoms with Gasteiger partial charge in [0, 0.05) is 33.2 Å². The van der Waals surface area contributed by atoms with E-state index in [0.717, 1.165) is 32.1 Å². The Morgan fingerprint density at radius 3 is 2.74 bits per heavy atom. The smallest absolute Gasteiger partial charge is 0.240 e. The summed E-state index contributed by atoms with van der Waals surface area (Å²) in [6.45, 7) is 3.68. The van der Waals surface area contributed by atoms with Gasteiger partial charge in [-0.15, -0.1) is 0 Å². The molecule has 1 amide bonds. The van der Waals surface area contributed by atoms with Crippen molar-refractivity contribution in [2.75, 3.05) is 40.3 Å². The van der Waals surface area contributed by atoms with E-state index in [1.54, 1.807) is 0 Å². The summed E-state index contributed by atoms with van der Waals surface area (Å²) in [4.78, 5) is 16.5. The number of piperazine rings is 1. The molecule has 2 fully saturated rings. The highest BCUT2D eigenvalue weighted by molar-refractivity contribution is 5.82. The summed E-state index contributed by atoms with van der Waals surface area (Å²) in [7, 11) is 4.02. The van der Waals surface area contributed by atoms with Crippen LogP contribution in [-0.2, 0) is 4.79 Å². The van der Waals surface area contributed by atoms with Crippen LogP contribution in [-0.4, -0.2) is 62.0 Å². The average molecular weight is 267 g/mol. The van der Waals surface area contributed by atoms with Crippen LogP contribution in [0.2, 0.25) is 0 Å². The van der Waals surface area contributed by atoms with Crippen LogP contribution in [0, 0.1) is 5.92 Å². The minimum Gasteiger partial charge on any atom is -0.344 e. The molecule has 0 spiro atoms. The minimum absolute atomic E-state index is 0.0325. The number of amides is 1. The van der Waals surface area contributed by atoms with Crippen LogP contribution in [0.3, 0.4) is 0 Å². The van der Waals surface area contributed by atoms with Crippen molar-refractivity contribution in [3.63, 3.8) is 0 Å². The second kappa shape index (κ2) is 7.25. The largest absolute Gasteiger partial charge is 0.344 e. The zero-order valence-corrected chi connectivity index (χ0v) is 12.5. The third-order valence-corrected chi connectivity index (χ3v) is 4.77. The van der Waals surface area contributed by atoms with E-state index >= 15 is 0 Å². The van der Waals surface area contributed by atoms with Gasteiger partial charge in [-0.1, -0.05) is 32.1 Å². The molecule has 0 aromatic heterocycles. The average Bonchev–Trinajstić information content (AvgIpc) is 2.45. The number of hydrogen-bond acceptors (Lipinski definition) is 3. The molecule has 1 N–H and O–H groups in total. The Balaban J connectivity index is 1.74. The Morgan fingerprint density at radius 2 is 2.05 bits per heavy atom. The molecule has 1 atom stereocenters. The van der Waals surface area contributed by atoms with E-state index in [9.17, 15) is 4.79 Å². The molecule has 1 heterocycles. The third-order valence-electron chi connectivity index (χ3n) is 4.77. The molecule has 4 nitrogen and oxygen atoms in total. The van der Waals surface area contributed by atoms with Gasteiger partial charge in [0.15, 0.2) is 0 Å². The summed E-state index contributed by atoms with van der Waals surface area (Å²) in [5, 5.41) is 3.32. The Labute approximate surface area is 117 Å². The normalized spacial score (nSPS) is 26.3. The highest BCUT2D eigenvalue weighted by atomic mass is 16.2. The zero-order chi connectivity index (χ0) is 13.7. The quantitative estimate of drug-likeness (QED) is 0.834. The Bertz CT molecular complexity index is 289. The minimum atomic E-state index is 0.0325. The lowest BCUT2D eigenvalue weighted by Crippen LogP contribution is -2.56. The van der Waals surface area contributed by atoms with Crippen LogP contribution in [0.4, 0.5) is 0 Å². The van der Waals surface area contributed by atoms with E-state index < -0.39 is 0 Å². The number of carbonyl (C=O) groups excluding carboxylic acids is 1. The summed E-state index contributed by atoms with van der Waals surface area (Å²) >= 11 is 0. The Morgan fingerprint density at radius 1 is 1.32 bits per heavy atom. The number of rotatable bonds is 4. The van der Waals surface area contributed by atoms with E-state index in [2.05, 4.69) is 17.3 Å². The third kappa shape index (κ3) is 4.18. The van der Waals surface area contributed by atoms with Crippen molar-refractivity contribution in [2.45, 2.75) is 44.6 Å². The summed E-state index contributed by atoms with van der Waals surface area (Å²) in [6.07, 6.45) is 8.10. The number of likely N-dealkylation sites (N-methyl/N-ethyl adjacent to an activating group) is 2. The lowest BCUT2D eigenvalue weighted by molar-refractivity contribution is -0.135. The SMILES string of the molecule is CN(CCC1CCCCC1)C(=O)C1CNCCN1C. The predicted octanol–water partition coefficient (Wildman–Crippen LogP) is 1.32. The van der Waals surface area contributed by atoms with Crippen LogP contribution in [0.15, 0.2) is 0 Å². The maximum Gasteiger partial charge on any atom is 0.240 e. The molecule has 2 aliphatic rings. The number of nitrogens with zero attached hydrogens (tertiary/aromatic N) is 2. The first kappa shape index (κ1) is 14.8. The van der Waals surface area contributed by atoms with Gasteiger partial charge in [0.2, 0.25) is 5.91 Å². The van der Waals surface area contributed by atoms with Crippen molar-refractivity contribution in [2.24, 2.45) is 5.92 Å². The highest BCUT2D eigenvalue weighted by Crippen LogP contribution is 2.26. The molecule has 19 heavy (non-hydrogen) atoms. The zero-order valence-electron chi connectivity index (χ0n) is 12.5. The standard InChI is InChI=1S/C15H29N3O/c1-17-11-9-16-12-14(17)15(19)18(2)10-8-13-6-4-3-5-7-13/h13-14,16H,3-12H2,1-2H3. The van der Waals surface area contributed by atoms with Gasteiger partial charge in [-0.3, -0.25) is 9.69 Å². The second-order valence-corrected chi connectivity index (χ2v) is 6.25. The molecule has 0 bridgehead atoms. The van der Waals surface area contributed by atoms with Crippen molar-refractivity contribution in [3.05, 3.63) is 0 Å². The van der Waals surface area contributed by atoms with Crippen LogP contribution >= 0.6 is 0 Å². The molecule has 1 aliphatic heterocycles. The molecule has 0 radical (unpaired) electrons. The van der Waals surface area contributed by atoms with Crippen LogP contribution < -0.4 is 5.32 Å². The van der Waals surface area contributed by atoms with E-state index in [-0.39, 0.29) is 11.9 Å². The summed E-state index contributed by atoms with van der Waals surface area (Å²) in [6, 6.07) is 0.0325. The predicted molar refractivity (Wildman–Crippen MR) is 78.1 cm³/mol. The van der Waals surface area contributed by atoms with Gasteiger partial charge >= 0.3 is 0 Å². The first-order valence-electron chi connectivity index (χ1n) is 7.84. The molecule has 1 aliphatic carbocycles. The van der Waals surface area contributed by atoms with Crippen molar-refractivity contribution in [1.82, 2.24) is 15.1 Å². The molecule has 1 saturated carbocycles. The Kier molecular flexibility index (Phi) is 5.64. The highest BCUT2D eigenvalue weighted by Gasteiger charge is 2.28. The van der Waals surface area contributed by atoms with E-state index in [0.29, 0.717) is 0 Å². The van der Waals surface area contributed by atoms with E-state index in [4.69, 9.17) is 0 Å². The van der Waals surface area contributed by atoms with Gasteiger partial charge in [-0.05, 0) is 19.4 Å². The van der Waals surface area contributed by atoms with Crippen molar-refractivity contribution in [3.8, 4) is 0 Å². The summed E-state index contributed by atoms with van der Waals surface area (Å²) in [5.74, 6) is 1.14. The van der Waals surface area contributed by atoms with Gasteiger partial charge in [-0.25, -0.2) is 0 Å². The molecular formula is C15H29N3O. The monoisotopic (exact) mass is 267 g/mol. The molecular weight excluding hydrogens is 238 g/mol. The van der Waals surface area contributed by atoms with E-state index in [1.165, 1.54) is 38.5 Å². The second-order valence-electron chi connectivity index (χ2n) is 6.25. The maximum atomic E-state index is 12.4. The lowest BCUT2D eigenvalue weighted by atomic mass is 9.87. The first-order valence-corrected chi connectivity index (χ1v) is 7.84. The number of nitrogens with one attached hydrogen (secondary N) is 1. The van der Waals surface area contributed by atoms with Gasteiger partial charge in [0.25, 0.3) is 0 Å². The maximum absolute atomic E-state index is 12.4. The van der Waals surface area contributed by atoms with Crippen molar-refractivity contribution >= 4 is 5.91 Å². The summed E-state index contributed by atoms with van der Waals surface area (Å²) < 4.78 is 0. The molecule has 2 rings (SSSR count). The molecule has 1 unspecified atom stereocenters. The van der Waals surface area contributed by atoms with Crippen LogP contribution in [0.1, 0.15) is 38.5 Å². The number of carbonyl (C=O) groups is 1. The fourth-order valence-electron chi connectivity index (χ4n) is 3.30. The topological polar surface area (TPSA) is 35.6 Å². The molecule has 4 heteroatoms. The van der Waals surface area contributed by atoms with Gasteiger partial charge < -0.3 is 10.2 Å². The van der Waals surface area contributed by atoms with Crippen LogP contribution in [0.25, 0.3) is 0 Å². The van der Waals surface area contributed by atoms with Crippen LogP contribution in [0.5, 0.6) is 0 Å². The lowest BCUT2D eigenvalue weighted by Gasteiger charge is -2.35. The number of hydrogen-bond donors (Lipinski definition) is 1. The van der Waals surface area contributed by atoms with Crippen molar-refractivity contribution < 1.29 is 4.79 Å². The summed E-state index contributed by atoms with van der Waals surface area (Å²) in [5.41, 5.74) is 0. The first-order chi connectivity index (χ1) is 9.18. The molecule has 0 aromatic carbocycles. The van der Waals surface area contributed by atoms with Gasteiger partial charge in [-0.2, -0.15) is 0 Å². The van der Waals surface area contributed by atoms with Gasteiger partial charge in [0.05, 0.1) is 0 Å². The molecule has 1 saturated heterocycles. The van der Waals surface area contributed by atoms with Crippen molar-refractivity contribution in [1.29, 1.82) is 0 Å².